The van der Waals surface area contributed by atoms with Crippen LogP contribution < -0.4 is 0 Å². The molecular formula is C29H37N3O3. The van der Waals surface area contributed by atoms with Crippen LogP contribution in [-0.2, 0) is 28.9 Å². The van der Waals surface area contributed by atoms with Crippen molar-refractivity contribution < 1.29 is 14.3 Å². The van der Waals surface area contributed by atoms with Gasteiger partial charge in [-0.25, -0.2) is 4.79 Å². The van der Waals surface area contributed by atoms with E-state index in [1.807, 2.05) is 17.0 Å². The predicted octanol–water partition coefficient (Wildman–Crippen LogP) is 3.53. The average molecular weight is 476 g/mol. The van der Waals surface area contributed by atoms with Crippen LogP contribution in [0.15, 0.2) is 48.5 Å². The van der Waals surface area contributed by atoms with E-state index in [1.165, 1.54) is 37.5 Å². The Morgan fingerprint density at radius 3 is 2.20 bits per heavy atom. The van der Waals surface area contributed by atoms with Gasteiger partial charge in [-0.15, -0.1) is 0 Å². The number of nitrogens with zero attached hydrogens (tertiary/aromatic N) is 3. The highest BCUT2D eigenvalue weighted by molar-refractivity contribution is 5.89. The van der Waals surface area contributed by atoms with Gasteiger partial charge in [0.2, 0.25) is 5.91 Å². The van der Waals surface area contributed by atoms with Crippen molar-refractivity contribution in [2.24, 2.45) is 0 Å². The van der Waals surface area contributed by atoms with Crippen LogP contribution in [0.1, 0.15) is 52.7 Å². The van der Waals surface area contributed by atoms with Gasteiger partial charge in [-0.05, 0) is 60.9 Å². The van der Waals surface area contributed by atoms with Gasteiger partial charge < -0.3 is 9.64 Å². The molecule has 0 unspecified atom stereocenters. The predicted molar refractivity (Wildman–Crippen MR) is 136 cm³/mol. The van der Waals surface area contributed by atoms with Gasteiger partial charge in [-0.2, -0.15) is 0 Å². The largest absolute Gasteiger partial charge is 0.465 e. The number of piperazine rings is 1. The van der Waals surface area contributed by atoms with E-state index in [4.69, 9.17) is 4.74 Å². The van der Waals surface area contributed by atoms with Gasteiger partial charge in [0.05, 0.1) is 12.7 Å². The normalized spacial score (nSPS) is 24.0. The summed E-state index contributed by atoms with van der Waals surface area (Å²) in [7, 11) is 1.39. The number of ether oxygens (including phenoxy) is 1. The molecule has 186 valence electrons. The highest BCUT2D eigenvalue weighted by Gasteiger charge is 2.31. The molecule has 0 saturated carbocycles. The molecule has 0 radical (unpaired) electrons. The number of esters is 1. The Labute approximate surface area is 208 Å². The summed E-state index contributed by atoms with van der Waals surface area (Å²) < 4.78 is 4.77. The third-order valence-corrected chi connectivity index (χ3v) is 8.23. The van der Waals surface area contributed by atoms with Crippen molar-refractivity contribution >= 4 is 11.9 Å². The Morgan fingerprint density at radius 2 is 1.49 bits per heavy atom. The lowest BCUT2D eigenvalue weighted by atomic mass is 9.87. The molecular weight excluding hydrogens is 438 g/mol. The summed E-state index contributed by atoms with van der Waals surface area (Å²) in [5.41, 5.74) is 4.66. The van der Waals surface area contributed by atoms with Gasteiger partial charge in [-0.3, -0.25) is 14.6 Å². The fourth-order valence-corrected chi connectivity index (χ4v) is 6.10. The lowest BCUT2D eigenvalue weighted by molar-refractivity contribution is -0.131. The van der Waals surface area contributed by atoms with E-state index in [0.717, 1.165) is 51.1 Å². The molecule has 6 heteroatoms. The smallest absolute Gasteiger partial charge is 0.337 e. The van der Waals surface area contributed by atoms with Gasteiger partial charge in [0.15, 0.2) is 0 Å². The minimum atomic E-state index is -0.335. The lowest BCUT2D eigenvalue weighted by Crippen LogP contribution is -2.54. The molecule has 2 heterocycles. The number of rotatable bonds is 5. The zero-order chi connectivity index (χ0) is 24.2. The molecule has 3 aliphatic rings. The first-order chi connectivity index (χ1) is 17.1. The van der Waals surface area contributed by atoms with Crippen molar-refractivity contribution in [1.29, 1.82) is 0 Å². The van der Waals surface area contributed by atoms with Gasteiger partial charge >= 0.3 is 5.97 Å². The number of fused-ring (bicyclic) bond motifs is 1. The Balaban J connectivity index is 1.12. The molecule has 0 N–H and O–H groups in total. The molecule has 2 aromatic rings. The van der Waals surface area contributed by atoms with Crippen LogP contribution >= 0.6 is 0 Å². The molecule has 5 rings (SSSR count). The van der Waals surface area contributed by atoms with Crippen LogP contribution in [0.5, 0.6) is 0 Å². The first kappa shape index (κ1) is 24.0. The number of methoxy groups -OCH3 is 1. The number of amides is 1. The number of aryl methyl sites for hydroxylation is 1. The highest BCUT2D eigenvalue weighted by Crippen LogP contribution is 2.27. The third-order valence-electron chi connectivity index (χ3n) is 8.23. The van der Waals surface area contributed by atoms with E-state index in [-0.39, 0.29) is 11.9 Å². The van der Waals surface area contributed by atoms with E-state index >= 15 is 0 Å². The van der Waals surface area contributed by atoms with Crippen LogP contribution in [0.4, 0.5) is 0 Å². The van der Waals surface area contributed by atoms with E-state index in [1.54, 1.807) is 12.1 Å². The second-order valence-electron chi connectivity index (χ2n) is 10.2. The fourth-order valence-electron chi connectivity index (χ4n) is 6.10. The Kier molecular flexibility index (Phi) is 7.49. The van der Waals surface area contributed by atoms with Crippen molar-refractivity contribution in [2.45, 2.75) is 57.2 Å². The number of hydrogen-bond acceptors (Lipinski definition) is 5. The third kappa shape index (κ3) is 5.60. The molecule has 0 bridgehead atoms. The standard InChI is InChI=1S/C29H37N3O3/c1-35-29(34)24-8-6-22(7-9-24)21-32-15-14-26(12-13-28(32)33)30-16-18-31(19-17-30)27-11-10-23-4-2-3-5-25(23)20-27/h2-9,26-27H,10-21H2,1H3/t26-,27-/m0/s1. The summed E-state index contributed by atoms with van der Waals surface area (Å²) in [6.07, 6.45) is 6.25. The molecule has 2 aromatic carbocycles. The maximum absolute atomic E-state index is 12.9. The first-order valence-electron chi connectivity index (χ1n) is 13.1. The SMILES string of the molecule is COC(=O)c1ccc(CN2CC[C@@H](N3CCN([C@H]4CCc5ccccc5C4)CC3)CCC2=O)cc1. The topological polar surface area (TPSA) is 53.1 Å². The zero-order valence-electron chi connectivity index (χ0n) is 20.8. The van der Waals surface area contributed by atoms with Crippen molar-refractivity contribution in [3.05, 3.63) is 70.8 Å². The molecule has 35 heavy (non-hydrogen) atoms. The maximum Gasteiger partial charge on any atom is 0.337 e. The molecule has 2 fully saturated rings. The van der Waals surface area contributed by atoms with Crippen LogP contribution in [-0.4, -0.2) is 78.5 Å². The van der Waals surface area contributed by atoms with Gasteiger partial charge in [0, 0.05) is 57.8 Å². The molecule has 1 aliphatic carbocycles. The lowest BCUT2D eigenvalue weighted by Gasteiger charge is -2.43. The van der Waals surface area contributed by atoms with E-state index in [9.17, 15) is 9.59 Å². The average Bonchev–Trinajstić information content (AvgIpc) is 3.09. The number of benzene rings is 2. The zero-order valence-corrected chi connectivity index (χ0v) is 20.8. The second-order valence-corrected chi connectivity index (χ2v) is 10.2. The number of likely N-dealkylation sites (tertiary alicyclic amines) is 1. The molecule has 2 aliphatic heterocycles. The van der Waals surface area contributed by atoms with Crippen LogP contribution in [0.25, 0.3) is 0 Å². The van der Waals surface area contributed by atoms with Crippen LogP contribution in [0.3, 0.4) is 0 Å². The van der Waals surface area contributed by atoms with Crippen molar-refractivity contribution in [2.75, 3.05) is 39.8 Å². The quantitative estimate of drug-likeness (QED) is 0.620. The molecule has 1 amide bonds. The number of hydrogen-bond donors (Lipinski definition) is 0. The van der Waals surface area contributed by atoms with E-state index in [0.29, 0.717) is 30.6 Å². The minimum absolute atomic E-state index is 0.240. The van der Waals surface area contributed by atoms with Crippen molar-refractivity contribution in [3.63, 3.8) is 0 Å². The molecule has 6 nitrogen and oxygen atoms in total. The fraction of sp³-hybridized carbons (Fsp3) is 0.517. The Morgan fingerprint density at radius 1 is 0.829 bits per heavy atom. The van der Waals surface area contributed by atoms with Gasteiger partial charge in [0.25, 0.3) is 0 Å². The summed E-state index contributed by atoms with van der Waals surface area (Å²) in [5, 5.41) is 0. The Bertz CT molecular complexity index is 1030. The van der Waals surface area contributed by atoms with Crippen LogP contribution in [0, 0.1) is 0 Å². The first-order valence-corrected chi connectivity index (χ1v) is 13.1. The monoisotopic (exact) mass is 475 g/mol. The summed E-state index contributed by atoms with van der Waals surface area (Å²) in [6, 6.07) is 17.5. The molecule has 2 atom stereocenters. The molecule has 0 spiro atoms. The summed E-state index contributed by atoms with van der Waals surface area (Å²) in [6.45, 7) is 5.87. The van der Waals surface area contributed by atoms with Gasteiger partial charge in [-0.1, -0.05) is 36.4 Å². The highest BCUT2D eigenvalue weighted by atomic mass is 16.5. The van der Waals surface area contributed by atoms with Gasteiger partial charge in [0.1, 0.15) is 0 Å². The molecule has 0 aromatic heterocycles. The van der Waals surface area contributed by atoms with E-state index in [2.05, 4.69) is 34.1 Å². The maximum atomic E-state index is 12.9. The van der Waals surface area contributed by atoms with Crippen LogP contribution in [0.2, 0.25) is 0 Å². The summed E-state index contributed by atoms with van der Waals surface area (Å²) in [4.78, 5) is 31.8. The summed E-state index contributed by atoms with van der Waals surface area (Å²) >= 11 is 0. The number of carbonyl (C=O) groups is 2. The number of carbonyl (C=O) groups excluding carboxylic acids is 2. The summed E-state index contributed by atoms with van der Waals surface area (Å²) in [5.74, 6) is -0.0947. The van der Waals surface area contributed by atoms with E-state index < -0.39 is 0 Å². The minimum Gasteiger partial charge on any atom is -0.465 e. The Hall–Kier alpha value is -2.70. The molecule has 2 saturated heterocycles. The second kappa shape index (κ2) is 10.9. The van der Waals surface area contributed by atoms with Crippen molar-refractivity contribution in [3.8, 4) is 0 Å². The van der Waals surface area contributed by atoms with Crippen molar-refractivity contribution in [1.82, 2.24) is 14.7 Å².